The van der Waals surface area contributed by atoms with Gasteiger partial charge in [0.1, 0.15) is 11.6 Å². The molecular weight excluding hydrogens is 252 g/mol. The van der Waals surface area contributed by atoms with E-state index in [1.165, 1.54) is 0 Å². The standard InChI is InChI=1S/C15H22N4O/c1-10(2)15(20)19-7-5-12(6-8-19)14-17-11(3)9-13(16-4)18-14/h9,12H,1,5-8H2,2-4H3,(H,16,17,18). The zero-order chi connectivity index (χ0) is 14.7. The first kappa shape index (κ1) is 14.5. The fraction of sp³-hybridized carbons (Fsp3) is 0.533. The minimum Gasteiger partial charge on any atom is -0.373 e. The summed E-state index contributed by atoms with van der Waals surface area (Å²) in [6.45, 7) is 8.96. The van der Waals surface area contributed by atoms with Crippen LogP contribution in [0.5, 0.6) is 0 Å². The Labute approximate surface area is 120 Å². The largest absolute Gasteiger partial charge is 0.373 e. The summed E-state index contributed by atoms with van der Waals surface area (Å²) < 4.78 is 0. The van der Waals surface area contributed by atoms with Gasteiger partial charge in [0.05, 0.1) is 0 Å². The van der Waals surface area contributed by atoms with E-state index in [2.05, 4.69) is 21.9 Å². The van der Waals surface area contributed by atoms with Gasteiger partial charge >= 0.3 is 0 Å². The number of piperidine rings is 1. The molecule has 1 N–H and O–H groups in total. The van der Waals surface area contributed by atoms with Gasteiger partial charge in [0, 0.05) is 43.4 Å². The maximum Gasteiger partial charge on any atom is 0.248 e. The summed E-state index contributed by atoms with van der Waals surface area (Å²) in [5.41, 5.74) is 1.58. The van der Waals surface area contributed by atoms with Crippen molar-refractivity contribution in [2.24, 2.45) is 0 Å². The predicted octanol–water partition coefficient (Wildman–Crippen LogP) is 2.11. The van der Waals surface area contributed by atoms with Crippen LogP contribution >= 0.6 is 0 Å². The Morgan fingerprint density at radius 1 is 1.40 bits per heavy atom. The Bertz CT molecular complexity index is 519. The Balaban J connectivity index is 2.05. The Morgan fingerprint density at radius 2 is 2.05 bits per heavy atom. The molecule has 1 fully saturated rings. The summed E-state index contributed by atoms with van der Waals surface area (Å²) in [6.07, 6.45) is 1.82. The number of carbonyl (C=O) groups excluding carboxylic acids is 1. The number of hydrogen-bond donors (Lipinski definition) is 1. The SMILES string of the molecule is C=C(C)C(=O)N1CCC(c2nc(C)cc(NC)n2)CC1. The third kappa shape index (κ3) is 3.15. The average molecular weight is 274 g/mol. The van der Waals surface area contributed by atoms with Crippen molar-refractivity contribution in [1.82, 2.24) is 14.9 Å². The van der Waals surface area contributed by atoms with Crippen LogP contribution in [0.3, 0.4) is 0 Å². The zero-order valence-corrected chi connectivity index (χ0v) is 12.4. The van der Waals surface area contributed by atoms with Crippen LogP contribution in [-0.2, 0) is 4.79 Å². The molecular formula is C15H22N4O. The molecule has 1 aromatic heterocycles. The molecule has 1 aliphatic heterocycles. The Kier molecular flexibility index (Phi) is 4.37. The van der Waals surface area contributed by atoms with Crippen molar-refractivity contribution in [2.75, 3.05) is 25.5 Å². The van der Waals surface area contributed by atoms with Crippen LogP contribution < -0.4 is 5.32 Å². The number of nitrogens with one attached hydrogen (secondary N) is 1. The maximum atomic E-state index is 11.9. The van der Waals surface area contributed by atoms with Gasteiger partial charge in [-0.1, -0.05) is 6.58 Å². The summed E-state index contributed by atoms with van der Waals surface area (Å²) >= 11 is 0. The monoisotopic (exact) mass is 274 g/mol. The summed E-state index contributed by atoms with van der Waals surface area (Å²) in [5.74, 6) is 2.13. The molecule has 0 aliphatic carbocycles. The van der Waals surface area contributed by atoms with Crippen LogP contribution in [0.1, 0.15) is 37.2 Å². The van der Waals surface area contributed by atoms with Gasteiger partial charge in [-0.3, -0.25) is 4.79 Å². The first-order chi connectivity index (χ1) is 9.51. The molecule has 1 saturated heterocycles. The first-order valence-electron chi connectivity index (χ1n) is 6.99. The van der Waals surface area contributed by atoms with Crippen molar-refractivity contribution in [3.05, 3.63) is 29.7 Å². The molecule has 108 valence electrons. The van der Waals surface area contributed by atoms with Crippen LogP contribution in [0.4, 0.5) is 5.82 Å². The minimum atomic E-state index is 0.0597. The molecule has 0 aromatic carbocycles. The number of aryl methyl sites for hydroxylation is 1. The molecule has 20 heavy (non-hydrogen) atoms. The highest BCUT2D eigenvalue weighted by Gasteiger charge is 2.25. The van der Waals surface area contributed by atoms with Crippen molar-refractivity contribution >= 4 is 11.7 Å². The molecule has 1 amide bonds. The molecule has 1 aliphatic rings. The van der Waals surface area contributed by atoms with Crippen LogP contribution in [0.2, 0.25) is 0 Å². The van der Waals surface area contributed by atoms with Gasteiger partial charge in [0.2, 0.25) is 5.91 Å². The number of hydrogen-bond acceptors (Lipinski definition) is 4. The zero-order valence-electron chi connectivity index (χ0n) is 12.4. The second kappa shape index (κ2) is 6.03. The van der Waals surface area contributed by atoms with E-state index in [4.69, 9.17) is 0 Å². The molecule has 2 heterocycles. The van der Waals surface area contributed by atoms with Gasteiger partial charge in [0.25, 0.3) is 0 Å². The van der Waals surface area contributed by atoms with Crippen LogP contribution in [0.25, 0.3) is 0 Å². The maximum absolute atomic E-state index is 11.9. The van der Waals surface area contributed by atoms with Gasteiger partial charge < -0.3 is 10.2 Å². The second-order valence-electron chi connectivity index (χ2n) is 5.35. The molecule has 0 unspecified atom stereocenters. The van der Waals surface area contributed by atoms with Crippen molar-refractivity contribution < 1.29 is 4.79 Å². The van der Waals surface area contributed by atoms with E-state index in [9.17, 15) is 4.79 Å². The predicted molar refractivity (Wildman–Crippen MR) is 79.7 cm³/mol. The van der Waals surface area contributed by atoms with E-state index >= 15 is 0 Å². The molecule has 0 saturated carbocycles. The lowest BCUT2D eigenvalue weighted by Gasteiger charge is -2.31. The number of anilines is 1. The average Bonchev–Trinajstić information content (AvgIpc) is 2.45. The topological polar surface area (TPSA) is 58.1 Å². The third-order valence-corrected chi connectivity index (χ3v) is 3.64. The van der Waals surface area contributed by atoms with E-state index in [1.807, 2.05) is 24.9 Å². The molecule has 5 heteroatoms. The summed E-state index contributed by atoms with van der Waals surface area (Å²) in [6, 6.07) is 1.93. The number of carbonyl (C=O) groups is 1. The van der Waals surface area contributed by atoms with Gasteiger partial charge in [-0.25, -0.2) is 9.97 Å². The third-order valence-electron chi connectivity index (χ3n) is 3.64. The van der Waals surface area contributed by atoms with Gasteiger partial charge in [0.15, 0.2) is 0 Å². The van der Waals surface area contributed by atoms with Crippen LogP contribution in [0.15, 0.2) is 18.2 Å². The van der Waals surface area contributed by atoms with Crippen LogP contribution in [-0.4, -0.2) is 40.9 Å². The van der Waals surface area contributed by atoms with E-state index in [0.717, 1.165) is 43.3 Å². The van der Waals surface area contributed by atoms with Crippen molar-refractivity contribution in [2.45, 2.75) is 32.6 Å². The fourth-order valence-electron chi connectivity index (χ4n) is 2.51. The second-order valence-corrected chi connectivity index (χ2v) is 5.35. The van der Waals surface area contributed by atoms with Crippen molar-refractivity contribution in [3.63, 3.8) is 0 Å². The molecule has 0 radical (unpaired) electrons. The van der Waals surface area contributed by atoms with E-state index in [0.29, 0.717) is 11.5 Å². The quantitative estimate of drug-likeness (QED) is 0.858. The van der Waals surface area contributed by atoms with E-state index in [1.54, 1.807) is 6.92 Å². The van der Waals surface area contributed by atoms with Gasteiger partial charge in [-0.15, -0.1) is 0 Å². The summed E-state index contributed by atoms with van der Waals surface area (Å²) in [7, 11) is 1.86. The highest BCUT2D eigenvalue weighted by Crippen LogP contribution is 2.27. The number of aromatic nitrogens is 2. The lowest BCUT2D eigenvalue weighted by Crippen LogP contribution is -2.38. The smallest absolute Gasteiger partial charge is 0.248 e. The number of nitrogens with zero attached hydrogens (tertiary/aromatic N) is 3. The highest BCUT2D eigenvalue weighted by atomic mass is 16.2. The summed E-state index contributed by atoms with van der Waals surface area (Å²) in [4.78, 5) is 22.8. The molecule has 0 atom stereocenters. The number of likely N-dealkylation sites (tertiary alicyclic amines) is 1. The van der Waals surface area contributed by atoms with E-state index < -0.39 is 0 Å². The fourth-order valence-corrected chi connectivity index (χ4v) is 2.51. The lowest BCUT2D eigenvalue weighted by atomic mass is 9.95. The molecule has 0 spiro atoms. The summed E-state index contributed by atoms with van der Waals surface area (Å²) in [5, 5.41) is 3.06. The first-order valence-corrected chi connectivity index (χ1v) is 6.99. The Morgan fingerprint density at radius 3 is 2.60 bits per heavy atom. The molecule has 1 aromatic rings. The van der Waals surface area contributed by atoms with Crippen molar-refractivity contribution in [3.8, 4) is 0 Å². The highest BCUT2D eigenvalue weighted by molar-refractivity contribution is 5.92. The van der Waals surface area contributed by atoms with Crippen molar-refractivity contribution in [1.29, 1.82) is 0 Å². The molecule has 0 bridgehead atoms. The van der Waals surface area contributed by atoms with Gasteiger partial charge in [-0.05, 0) is 26.7 Å². The van der Waals surface area contributed by atoms with E-state index in [-0.39, 0.29) is 5.91 Å². The number of rotatable bonds is 3. The van der Waals surface area contributed by atoms with Crippen LogP contribution in [0, 0.1) is 6.92 Å². The number of amides is 1. The lowest BCUT2D eigenvalue weighted by molar-refractivity contribution is -0.128. The normalized spacial score (nSPS) is 16.1. The minimum absolute atomic E-state index is 0.0597. The van der Waals surface area contributed by atoms with Gasteiger partial charge in [-0.2, -0.15) is 0 Å². The molecule has 5 nitrogen and oxygen atoms in total. The molecule has 2 rings (SSSR count). The Hall–Kier alpha value is -1.91.